The molecule has 3 nitrogen and oxygen atoms in total. The predicted octanol–water partition coefficient (Wildman–Crippen LogP) is 3.04. The first kappa shape index (κ1) is 15.0. The van der Waals surface area contributed by atoms with Crippen molar-refractivity contribution in [3.63, 3.8) is 0 Å². The summed E-state index contributed by atoms with van der Waals surface area (Å²) >= 11 is 1.53. The number of nitrogens with zero attached hydrogens (tertiary/aromatic N) is 1. The number of hydrogen-bond acceptors (Lipinski definition) is 4. The average molecular weight is 298 g/mol. The molecular weight excluding hydrogens is 282 g/mol. The minimum atomic E-state index is -0.681. The largest absolute Gasteiger partial charge is 0.395 e. The van der Waals surface area contributed by atoms with Crippen LogP contribution in [0.25, 0.3) is 10.9 Å². The van der Waals surface area contributed by atoms with Crippen molar-refractivity contribution in [3.05, 3.63) is 36.0 Å². The van der Waals surface area contributed by atoms with Crippen LogP contribution in [0.2, 0.25) is 0 Å². The molecule has 0 amide bonds. The van der Waals surface area contributed by atoms with Crippen LogP contribution >= 0.6 is 11.8 Å². The Labute approximate surface area is 120 Å². The van der Waals surface area contributed by atoms with Gasteiger partial charge in [0, 0.05) is 34.6 Å². The van der Waals surface area contributed by atoms with Crippen molar-refractivity contribution < 1.29 is 13.9 Å². The zero-order valence-electron chi connectivity index (χ0n) is 11.2. The van der Waals surface area contributed by atoms with E-state index in [2.05, 4.69) is 10.3 Å². The first-order valence-electron chi connectivity index (χ1n) is 6.20. The molecule has 0 saturated heterocycles. The minimum Gasteiger partial charge on any atom is -0.395 e. The summed E-state index contributed by atoms with van der Waals surface area (Å²) in [6.07, 6.45) is 3.38. The molecule has 0 aliphatic carbocycles. The highest BCUT2D eigenvalue weighted by molar-refractivity contribution is 7.99. The van der Waals surface area contributed by atoms with Gasteiger partial charge >= 0.3 is 0 Å². The molecule has 1 heterocycles. The number of aliphatic hydroxyl groups is 1. The maximum atomic E-state index is 13.7. The predicted molar refractivity (Wildman–Crippen MR) is 79.1 cm³/mol. The maximum Gasteiger partial charge on any atom is 0.152 e. The molecule has 2 unspecified atom stereocenters. The van der Waals surface area contributed by atoms with Crippen LogP contribution in [-0.4, -0.2) is 34.2 Å². The highest BCUT2D eigenvalue weighted by Crippen LogP contribution is 2.26. The highest BCUT2D eigenvalue weighted by Gasteiger charge is 2.17. The number of thioether (sulfide) groups is 1. The lowest BCUT2D eigenvalue weighted by Gasteiger charge is -2.23. The van der Waals surface area contributed by atoms with E-state index in [4.69, 9.17) is 0 Å². The lowest BCUT2D eigenvalue weighted by Crippen LogP contribution is -2.31. The fourth-order valence-electron chi connectivity index (χ4n) is 2.08. The number of anilines is 1. The van der Waals surface area contributed by atoms with E-state index in [-0.39, 0.29) is 23.4 Å². The smallest absolute Gasteiger partial charge is 0.152 e. The van der Waals surface area contributed by atoms with Crippen LogP contribution in [0.4, 0.5) is 14.5 Å². The summed E-state index contributed by atoms with van der Waals surface area (Å²) in [5.74, 6) is -1.32. The van der Waals surface area contributed by atoms with Gasteiger partial charge in [-0.15, -0.1) is 0 Å². The van der Waals surface area contributed by atoms with Crippen molar-refractivity contribution in [3.8, 4) is 0 Å². The number of benzene rings is 1. The van der Waals surface area contributed by atoms with Gasteiger partial charge in [-0.3, -0.25) is 4.98 Å². The summed E-state index contributed by atoms with van der Waals surface area (Å²) in [4.78, 5) is 3.94. The van der Waals surface area contributed by atoms with Crippen LogP contribution in [0.3, 0.4) is 0 Å². The molecule has 0 fully saturated rings. The Morgan fingerprint density at radius 2 is 2.15 bits per heavy atom. The normalized spacial score (nSPS) is 14.2. The number of aliphatic hydroxyl groups excluding tert-OH is 1. The van der Waals surface area contributed by atoms with Gasteiger partial charge in [0.1, 0.15) is 11.3 Å². The molecule has 0 bridgehead atoms. The SMILES string of the molecule is CSC(CO)C(C)Nc1ccnc2c(F)cc(F)cc12. The lowest BCUT2D eigenvalue weighted by atomic mass is 10.1. The number of aromatic nitrogens is 1. The maximum absolute atomic E-state index is 13.7. The molecule has 0 aliphatic heterocycles. The van der Waals surface area contributed by atoms with E-state index in [1.807, 2.05) is 13.2 Å². The van der Waals surface area contributed by atoms with E-state index in [0.717, 1.165) is 6.07 Å². The van der Waals surface area contributed by atoms with E-state index in [0.29, 0.717) is 11.1 Å². The van der Waals surface area contributed by atoms with Gasteiger partial charge in [-0.25, -0.2) is 8.78 Å². The highest BCUT2D eigenvalue weighted by atomic mass is 32.2. The molecule has 1 aromatic heterocycles. The van der Waals surface area contributed by atoms with Gasteiger partial charge in [0.2, 0.25) is 0 Å². The topological polar surface area (TPSA) is 45.1 Å². The number of hydrogen-bond donors (Lipinski definition) is 2. The molecule has 0 spiro atoms. The number of fused-ring (bicyclic) bond motifs is 1. The standard InChI is InChI=1S/C14H16F2N2OS/c1-8(13(7-19)20-2)18-12-3-4-17-14-10(12)5-9(15)6-11(14)16/h3-6,8,13,19H,7H2,1-2H3,(H,17,18). The third-order valence-corrected chi connectivity index (χ3v) is 4.35. The molecule has 2 atom stereocenters. The molecule has 20 heavy (non-hydrogen) atoms. The van der Waals surface area contributed by atoms with Gasteiger partial charge in [0.05, 0.1) is 6.61 Å². The number of halogens is 2. The Morgan fingerprint density at radius 1 is 1.40 bits per heavy atom. The molecule has 0 saturated carbocycles. The van der Waals surface area contributed by atoms with E-state index < -0.39 is 11.6 Å². The second kappa shape index (κ2) is 6.37. The van der Waals surface area contributed by atoms with E-state index >= 15 is 0 Å². The summed E-state index contributed by atoms with van der Waals surface area (Å²) in [6.45, 7) is 1.94. The van der Waals surface area contributed by atoms with Gasteiger partial charge in [0.15, 0.2) is 5.82 Å². The van der Waals surface area contributed by atoms with Crippen LogP contribution in [0.1, 0.15) is 6.92 Å². The molecule has 6 heteroatoms. The minimum absolute atomic E-state index is 0.00313. The van der Waals surface area contributed by atoms with Crippen LogP contribution in [0.5, 0.6) is 0 Å². The monoisotopic (exact) mass is 298 g/mol. The summed E-state index contributed by atoms with van der Waals surface area (Å²) < 4.78 is 27.0. The van der Waals surface area contributed by atoms with Crippen molar-refractivity contribution in [1.82, 2.24) is 4.98 Å². The lowest BCUT2D eigenvalue weighted by molar-refractivity contribution is 0.288. The van der Waals surface area contributed by atoms with Gasteiger partial charge in [0.25, 0.3) is 0 Å². The Morgan fingerprint density at radius 3 is 2.80 bits per heavy atom. The molecule has 0 aliphatic rings. The van der Waals surface area contributed by atoms with E-state index in [9.17, 15) is 13.9 Å². The van der Waals surface area contributed by atoms with Crippen molar-refractivity contribution in [2.45, 2.75) is 18.2 Å². The van der Waals surface area contributed by atoms with E-state index in [1.54, 1.807) is 6.07 Å². The van der Waals surface area contributed by atoms with Crippen LogP contribution in [-0.2, 0) is 0 Å². The molecule has 2 aromatic rings. The average Bonchev–Trinajstić information content (AvgIpc) is 2.41. The molecule has 1 aromatic carbocycles. The second-order valence-electron chi connectivity index (χ2n) is 4.53. The van der Waals surface area contributed by atoms with Gasteiger partial charge < -0.3 is 10.4 Å². The van der Waals surface area contributed by atoms with Crippen LogP contribution in [0.15, 0.2) is 24.4 Å². The van der Waals surface area contributed by atoms with Gasteiger partial charge in [-0.2, -0.15) is 11.8 Å². The van der Waals surface area contributed by atoms with Crippen LogP contribution in [0, 0.1) is 11.6 Å². The number of rotatable bonds is 5. The first-order chi connectivity index (χ1) is 9.56. The zero-order chi connectivity index (χ0) is 14.7. The first-order valence-corrected chi connectivity index (χ1v) is 7.49. The Kier molecular flexibility index (Phi) is 4.77. The van der Waals surface area contributed by atoms with E-state index in [1.165, 1.54) is 24.0 Å². The summed E-state index contributed by atoms with van der Waals surface area (Å²) in [6, 6.07) is 3.70. The van der Waals surface area contributed by atoms with Crippen molar-refractivity contribution in [2.24, 2.45) is 0 Å². The zero-order valence-corrected chi connectivity index (χ0v) is 12.0. The summed E-state index contributed by atoms with van der Waals surface area (Å²) in [7, 11) is 0. The van der Waals surface area contributed by atoms with Crippen LogP contribution < -0.4 is 5.32 Å². The molecule has 2 rings (SSSR count). The number of nitrogens with one attached hydrogen (secondary N) is 1. The molecular formula is C14H16F2N2OS. The molecule has 0 radical (unpaired) electrons. The Balaban J connectivity index is 2.40. The summed E-state index contributed by atoms with van der Waals surface area (Å²) in [5.41, 5.74) is 0.738. The Bertz CT molecular complexity index is 605. The van der Waals surface area contributed by atoms with Crippen molar-refractivity contribution in [2.75, 3.05) is 18.2 Å². The fourth-order valence-corrected chi connectivity index (χ4v) is 2.70. The Hall–Kier alpha value is -1.40. The third-order valence-electron chi connectivity index (χ3n) is 3.19. The summed E-state index contributed by atoms with van der Waals surface area (Å²) in [5, 5.41) is 12.9. The van der Waals surface area contributed by atoms with Crippen molar-refractivity contribution >= 4 is 28.4 Å². The van der Waals surface area contributed by atoms with Gasteiger partial charge in [-0.1, -0.05) is 0 Å². The fraction of sp³-hybridized carbons (Fsp3) is 0.357. The molecule has 108 valence electrons. The number of pyridine rings is 1. The quantitative estimate of drug-likeness (QED) is 0.890. The third kappa shape index (κ3) is 3.02. The van der Waals surface area contributed by atoms with Crippen molar-refractivity contribution in [1.29, 1.82) is 0 Å². The molecule has 2 N–H and O–H groups in total. The van der Waals surface area contributed by atoms with Gasteiger partial charge in [-0.05, 0) is 25.3 Å². The second-order valence-corrected chi connectivity index (χ2v) is 5.61.